The maximum Gasteiger partial charge on any atom is 0.193 e. The predicted octanol–water partition coefficient (Wildman–Crippen LogP) is 3.69. The van der Waals surface area contributed by atoms with Gasteiger partial charge in [-0.1, -0.05) is 0 Å². The van der Waals surface area contributed by atoms with E-state index in [4.69, 9.17) is 10.5 Å². The van der Waals surface area contributed by atoms with E-state index in [9.17, 15) is 0 Å². The number of benzene rings is 1. The Labute approximate surface area is 163 Å². The van der Waals surface area contributed by atoms with Crippen LogP contribution in [0.5, 0.6) is 5.75 Å². The third-order valence-corrected chi connectivity index (χ3v) is 3.86. The molecular formula is C18H31IN4O. The molecule has 24 heavy (non-hydrogen) atoms. The molecular weight excluding hydrogens is 415 g/mol. The topological polar surface area (TPSA) is 62.9 Å². The Hall–Kier alpha value is -1.02. The van der Waals surface area contributed by atoms with Crippen LogP contribution < -0.4 is 15.8 Å². The number of rotatable bonds is 8. The number of likely N-dealkylation sites (tertiary alicyclic amines) is 1. The van der Waals surface area contributed by atoms with Crippen molar-refractivity contribution in [2.45, 2.75) is 45.6 Å². The zero-order valence-corrected chi connectivity index (χ0v) is 17.2. The molecule has 0 saturated carbocycles. The Bertz CT molecular complexity index is 484. The lowest BCUT2D eigenvalue weighted by Crippen LogP contribution is -2.23. The maximum atomic E-state index is 5.93. The van der Waals surface area contributed by atoms with Gasteiger partial charge in [0.2, 0.25) is 0 Å². The highest BCUT2D eigenvalue weighted by Gasteiger charge is 2.09. The molecule has 1 aromatic carbocycles. The molecule has 6 heteroatoms. The van der Waals surface area contributed by atoms with Crippen molar-refractivity contribution in [2.24, 2.45) is 10.7 Å². The minimum Gasteiger partial charge on any atom is -0.491 e. The summed E-state index contributed by atoms with van der Waals surface area (Å²) in [5.41, 5.74) is 6.86. The number of anilines is 1. The average molecular weight is 446 g/mol. The number of aliphatic imine (C=N–C) groups is 1. The molecule has 0 bridgehead atoms. The Morgan fingerprint density at radius 2 is 1.88 bits per heavy atom. The van der Waals surface area contributed by atoms with Crippen LogP contribution in [0.3, 0.4) is 0 Å². The van der Waals surface area contributed by atoms with Gasteiger partial charge in [-0.2, -0.15) is 0 Å². The summed E-state index contributed by atoms with van der Waals surface area (Å²) in [6.07, 6.45) is 5.17. The van der Waals surface area contributed by atoms with Crippen molar-refractivity contribution in [1.82, 2.24) is 4.90 Å². The molecule has 0 spiro atoms. The fourth-order valence-electron chi connectivity index (χ4n) is 2.73. The fraction of sp³-hybridized carbons (Fsp3) is 0.611. The first-order chi connectivity index (χ1) is 11.1. The van der Waals surface area contributed by atoms with E-state index in [2.05, 4.69) is 15.2 Å². The van der Waals surface area contributed by atoms with Crippen LogP contribution in [0.15, 0.2) is 29.3 Å². The second-order valence-corrected chi connectivity index (χ2v) is 6.34. The minimum absolute atomic E-state index is 0. The van der Waals surface area contributed by atoms with Crippen molar-refractivity contribution in [3.8, 4) is 5.75 Å². The largest absolute Gasteiger partial charge is 0.491 e. The lowest BCUT2D eigenvalue weighted by Gasteiger charge is -2.13. The number of guanidine groups is 1. The Morgan fingerprint density at radius 3 is 2.50 bits per heavy atom. The Morgan fingerprint density at radius 1 is 1.21 bits per heavy atom. The van der Waals surface area contributed by atoms with Gasteiger partial charge in [-0.3, -0.25) is 4.99 Å². The van der Waals surface area contributed by atoms with Crippen molar-refractivity contribution in [3.63, 3.8) is 0 Å². The first-order valence-electron chi connectivity index (χ1n) is 8.69. The van der Waals surface area contributed by atoms with E-state index in [0.29, 0.717) is 5.96 Å². The number of nitrogens with two attached hydrogens (primary N) is 1. The molecule has 1 aliphatic rings. The van der Waals surface area contributed by atoms with Gasteiger partial charge < -0.3 is 20.7 Å². The number of unbranched alkanes of at least 4 members (excludes halogenated alkanes) is 1. The van der Waals surface area contributed by atoms with E-state index in [1.54, 1.807) is 0 Å². The summed E-state index contributed by atoms with van der Waals surface area (Å²) in [6.45, 7) is 8.54. The van der Waals surface area contributed by atoms with Gasteiger partial charge in [0.15, 0.2) is 5.96 Å². The van der Waals surface area contributed by atoms with Crippen LogP contribution in [0.4, 0.5) is 5.69 Å². The van der Waals surface area contributed by atoms with E-state index in [1.807, 2.05) is 38.1 Å². The third-order valence-electron chi connectivity index (χ3n) is 3.86. The summed E-state index contributed by atoms with van der Waals surface area (Å²) in [4.78, 5) is 6.92. The summed E-state index contributed by atoms with van der Waals surface area (Å²) < 4.78 is 5.61. The van der Waals surface area contributed by atoms with Gasteiger partial charge in [0.1, 0.15) is 5.75 Å². The standard InChI is InChI=1S/C18H30N4O.HI/c1-15(2)23-17-9-7-16(8-10-17)21-18(19)20-11-3-4-12-22-13-5-6-14-22;/h7-10,15H,3-6,11-14H2,1-2H3,(H3,19,20,21);1H. The number of nitrogens with one attached hydrogen (secondary N) is 1. The SMILES string of the molecule is CC(C)Oc1ccc(NC(N)=NCCCCN2CCCC2)cc1.I. The molecule has 3 N–H and O–H groups in total. The highest BCUT2D eigenvalue weighted by atomic mass is 127. The van der Waals surface area contributed by atoms with Crippen molar-refractivity contribution in [1.29, 1.82) is 0 Å². The lowest BCUT2D eigenvalue weighted by atomic mass is 10.3. The van der Waals surface area contributed by atoms with E-state index >= 15 is 0 Å². The van der Waals surface area contributed by atoms with Gasteiger partial charge >= 0.3 is 0 Å². The van der Waals surface area contributed by atoms with E-state index < -0.39 is 0 Å². The zero-order chi connectivity index (χ0) is 16.5. The van der Waals surface area contributed by atoms with Crippen molar-refractivity contribution in [3.05, 3.63) is 24.3 Å². The molecule has 0 unspecified atom stereocenters. The maximum absolute atomic E-state index is 5.93. The van der Waals surface area contributed by atoms with Crippen LogP contribution in [-0.2, 0) is 0 Å². The lowest BCUT2D eigenvalue weighted by molar-refractivity contribution is 0.242. The monoisotopic (exact) mass is 446 g/mol. The van der Waals surface area contributed by atoms with Crippen LogP contribution in [0.25, 0.3) is 0 Å². The number of hydrogen-bond acceptors (Lipinski definition) is 3. The molecule has 1 fully saturated rings. The molecule has 0 aliphatic carbocycles. The van der Waals surface area contributed by atoms with Gasteiger partial charge in [0.05, 0.1) is 6.10 Å². The summed E-state index contributed by atoms with van der Waals surface area (Å²) >= 11 is 0. The highest BCUT2D eigenvalue weighted by Crippen LogP contribution is 2.16. The number of nitrogens with zero attached hydrogens (tertiary/aromatic N) is 2. The van der Waals surface area contributed by atoms with Crippen LogP contribution in [0, 0.1) is 0 Å². The van der Waals surface area contributed by atoms with Crippen molar-refractivity contribution < 1.29 is 4.74 Å². The fourth-order valence-corrected chi connectivity index (χ4v) is 2.73. The van der Waals surface area contributed by atoms with Crippen LogP contribution in [-0.4, -0.2) is 43.1 Å². The van der Waals surface area contributed by atoms with E-state index in [1.165, 1.54) is 38.9 Å². The van der Waals surface area contributed by atoms with Crippen molar-refractivity contribution >= 4 is 35.6 Å². The first kappa shape index (κ1) is 21.0. The molecule has 0 aromatic heterocycles. The highest BCUT2D eigenvalue weighted by molar-refractivity contribution is 14.0. The summed E-state index contributed by atoms with van der Waals surface area (Å²) in [5, 5.41) is 3.12. The summed E-state index contributed by atoms with van der Waals surface area (Å²) in [5.74, 6) is 1.34. The molecule has 1 saturated heterocycles. The van der Waals surface area contributed by atoms with Gasteiger partial charge in [0.25, 0.3) is 0 Å². The van der Waals surface area contributed by atoms with Crippen LogP contribution in [0.1, 0.15) is 39.5 Å². The molecule has 5 nitrogen and oxygen atoms in total. The molecule has 0 amide bonds. The molecule has 1 aromatic rings. The van der Waals surface area contributed by atoms with Crippen LogP contribution >= 0.6 is 24.0 Å². The van der Waals surface area contributed by atoms with E-state index in [-0.39, 0.29) is 30.1 Å². The van der Waals surface area contributed by atoms with Gasteiger partial charge in [-0.05, 0) is 83.4 Å². The molecule has 0 radical (unpaired) electrons. The zero-order valence-electron chi connectivity index (χ0n) is 14.8. The Kier molecular flexibility index (Phi) is 10.1. The van der Waals surface area contributed by atoms with E-state index in [0.717, 1.165) is 24.4 Å². The summed E-state index contributed by atoms with van der Waals surface area (Å²) in [6, 6.07) is 7.78. The molecule has 1 aliphatic heterocycles. The number of halogens is 1. The quantitative estimate of drug-likeness (QED) is 0.277. The number of hydrogen-bond donors (Lipinski definition) is 2. The molecule has 1 heterocycles. The second-order valence-electron chi connectivity index (χ2n) is 6.34. The normalized spacial score (nSPS) is 15.4. The van der Waals surface area contributed by atoms with Crippen molar-refractivity contribution in [2.75, 3.05) is 31.5 Å². The third kappa shape index (κ3) is 8.19. The average Bonchev–Trinajstić information content (AvgIpc) is 3.02. The molecule has 2 rings (SSSR count). The smallest absolute Gasteiger partial charge is 0.193 e. The second kappa shape index (κ2) is 11.5. The Balaban J connectivity index is 0.00000288. The molecule has 136 valence electrons. The van der Waals surface area contributed by atoms with Crippen LogP contribution in [0.2, 0.25) is 0 Å². The number of ether oxygens (including phenoxy) is 1. The predicted molar refractivity (Wildman–Crippen MR) is 113 cm³/mol. The minimum atomic E-state index is 0. The summed E-state index contributed by atoms with van der Waals surface area (Å²) in [7, 11) is 0. The van der Waals surface area contributed by atoms with Gasteiger partial charge in [-0.15, -0.1) is 24.0 Å². The molecule has 0 atom stereocenters. The first-order valence-corrected chi connectivity index (χ1v) is 8.69. The van der Waals surface area contributed by atoms with Gasteiger partial charge in [-0.25, -0.2) is 0 Å². The van der Waals surface area contributed by atoms with Gasteiger partial charge in [0, 0.05) is 12.2 Å².